The average Bonchev–Trinajstić information content (AvgIpc) is 3.50. The van der Waals surface area contributed by atoms with Crippen molar-refractivity contribution in [1.82, 2.24) is 5.32 Å². The van der Waals surface area contributed by atoms with E-state index in [4.69, 9.17) is 9.05 Å². The number of nitrogens with one attached hydrogen (secondary N) is 1. The van der Waals surface area contributed by atoms with Crippen molar-refractivity contribution in [2.24, 2.45) is 0 Å². The first kappa shape index (κ1) is 80.7. The van der Waals surface area contributed by atoms with E-state index >= 15 is 0 Å². The number of hydrogen-bond donors (Lipinski definition) is 2. The summed E-state index contributed by atoms with van der Waals surface area (Å²) in [7, 11) is 1.24. The highest BCUT2D eigenvalue weighted by Crippen LogP contribution is 2.38. The smallest absolute Gasteiger partial charge is 0.268 e. The van der Waals surface area contributed by atoms with Gasteiger partial charge in [0.1, 0.15) is 13.2 Å². The molecule has 0 aliphatic carbocycles. The van der Waals surface area contributed by atoms with Crippen LogP contribution in [0.2, 0.25) is 0 Å². The number of nitrogens with zero attached hydrogens (tertiary/aromatic N) is 1. The lowest BCUT2D eigenvalue weighted by Crippen LogP contribution is -2.45. The predicted octanol–water partition coefficient (Wildman–Crippen LogP) is 22.1. The fourth-order valence-corrected chi connectivity index (χ4v) is 11.1. The maximum absolute atomic E-state index is 13.0. The summed E-state index contributed by atoms with van der Waals surface area (Å²) in [6, 6.07) is -0.913. The van der Waals surface area contributed by atoms with Crippen LogP contribution in [0, 0.1) is 0 Å². The molecule has 0 aliphatic heterocycles. The molecule has 0 fully saturated rings. The van der Waals surface area contributed by atoms with Gasteiger partial charge in [-0.1, -0.05) is 324 Å². The van der Waals surface area contributed by atoms with E-state index in [2.05, 4.69) is 92.1 Å². The molecule has 0 aromatic carbocycles. The Hall–Kier alpha value is -2.32. The van der Waals surface area contributed by atoms with Gasteiger partial charge < -0.3 is 28.8 Å². The fraction of sp³-hybridized carbons (Fsp3) is 0.797. The van der Waals surface area contributed by atoms with Crippen LogP contribution in [0.15, 0.2) is 85.1 Å². The zero-order chi connectivity index (χ0) is 60.5. The first-order chi connectivity index (χ1) is 40.5. The molecule has 0 aromatic rings. The molecule has 0 aromatic heterocycles. The Bertz CT molecular complexity index is 1630. The van der Waals surface area contributed by atoms with Gasteiger partial charge in [0, 0.05) is 6.42 Å². The van der Waals surface area contributed by atoms with Gasteiger partial charge in [-0.3, -0.25) is 9.36 Å². The monoisotopic (exact) mass is 1180 g/mol. The number of rotatable bonds is 65. The quantitative estimate of drug-likeness (QED) is 0.0272. The van der Waals surface area contributed by atoms with E-state index in [-0.39, 0.29) is 12.5 Å². The molecule has 8 nitrogen and oxygen atoms in total. The summed E-state index contributed by atoms with van der Waals surface area (Å²) < 4.78 is 23.4. The molecule has 1 amide bonds. The highest BCUT2D eigenvalue weighted by atomic mass is 31.2. The summed E-state index contributed by atoms with van der Waals surface area (Å²) in [6.45, 7) is 4.54. The van der Waals surface area contributed by atoms with Gasteiger partial charge in [0.15, 0.2) is 0 Å². The lowest BCUT2D eigenvalue weighted by Gasteiger charge is -2.29. The number of amides is 1. The molecule has 0 spiro atoms. The van der Waals surface area contributed by atoms with Gasteiger partial charge in [0.25, 0.3) is 7.82 Å². The van der Waals surface area contributed by atoms with Gasteiger partial charge in [-0.2, -0.15) is 0 Å². The third-order valence-corrected chi connectivity index (χ3v) is 16.8. The number of allylic oxidation sites excluding steroid dienone is 13. The number of quaternary nitrogens is 1. The Morgan fingerprint density at radius 1 is 0.434 bits per heavy atom. The molecule has 484 valence electrons. The number of hydrogen-bond acceptors (Lipinski definition) is 6. The SMILES string of the molecule is CC/C=C\C/C=C\C/C=C\C/C=C\CCCCCCCCCCCCCCCCCCCCCCCCCCC(=O)NC(COP(=O)([O-])OCC[N+](C)(C)C)C(O)/C=C/CC/C=C/CC/C=C/CCCCCCCCCCCCCCCC. The van der Waals surface area contributed by atoms with Crippen LogP contribution in [-0.4, -0.2) is 68.5 Å². The first-order valence-electron chi connectivity index (χ1n) is 35.4. The summed E-state index contributed by atoms with van der Waals surface area (Å²) in [5, 5.41) is 13.9. The molecular weight excluding hydrogens is 1040 g/mol. The molecule has 0 aliphatic rings. The van der Waals surface area contributed by atoms with Gasteiger partial charge in [-0.25, -0.2) is 0 Å². The highest BCUT2D eigenvalue weighted by molar-refractivity contribution is 7.45. The molecule has 0 heterocycles. The van der Waals surface area contributed by atoms with Crippen LogP contribution in [0.4, 0.5) is 0 Å². The number of aliphatic hydroxyl groups excluding tert-OH is 1. The summed E-state index contributed by atoms with van der Waals surface area (Å²) in [6.07, 6.45) is 91.5. The van der Waals surface area contributed by atoms with Crippen molar-refractivity contribution in [1.29, 1.82) is 0 Å². The van der Waals surface area contributed by atoms with Crippen LogP contribution in [0.5, 0.6) is 0 Å². The van der Waals surface area contributed by atoms with Crippen LogP contribution in [0.3, 0.4) is 0 Å². The maximum Gasteiger partial charge on any atom is 0.268 e. The Kier molecular flexibility index (Phi) is 62.4. The van der Waals surface area contributed by atoms with Crippen molar-refractivity contribution in [2.75, 3.05) is 40.9 Å². The van der Waals surface area contributed by atoms with E-state index in [1.165, 1.54) is 238 Å². The van der Waals surface area contributed by atoms with E-state index in [0.29, 0.717) is 17.4 Å². The van der Waals surface area contributed by atoms with E-state index < -0.39 is 26.6 Å². The Morgan fingerprint density at radius 2 is 0.747 bits per heavy atom. The molecule has 2 N–H and O–H groups in total. The topological polar surface area (TPSA) is 108 Å². The van der Waals surface area contributed by atoms with Crippen molar-refractivity contribution in [3.63, 3.8) is 0 Å². The molecule has 0 bridgehead atoms. The molecule has 3 unspecified atom stereocenters. The van der Waals surface area contributed by atoms with Crippen LogP contribution in [0.1, 0.15) is 328 Å². The van der Waals surface area contributed by atoms with Gasteiger partial charge in [0.2, 0.25) is 5.91 Å². The summed E-state index contributed by atoms with van der Waals surface area (Å²) in [4.78, 5) is 25.6. The van der Waals surface area contributed by atoms with Crippen LogP contribution < -0.4 is 10.2 Å². The molecule has 0 saturated carbocycles. The third-order valence-electron chi connectivity index (χ3n) is 15.8. The lowest BCUT2D eigenvalue weighted by atomic mass is 10.0. The predicted molar refractivity (Wildman–Crippen MR) is 362 cm³/mol. The number of carbonyl (C=O) groups excluding carboxylic acids is 1. The number of unbranched alkanes of at least 4 members (excludes halogenated alkanes) is 40. The highest BCUT2D eigenvalue weighted by Gasteiger charge is 2.23. The zero-order valence-corrected chi connectivity index (χ0v) is 56.3. The molecule has 3 atom stereocenters. The largest absolute Gasteiger partial charge is 0.756 e. The van der Waals surface area contributed by atoms with Gasteiger partial charge in [-0.05, 0) is 83.5 Å². The van der Waals surface area contributed by atoms with E-state index in [1.54, 1.807) is 6.08 Å². The molecule has 0 rings (SSSR count). The third kappa shape index (κ3) is 67.1. The molecular formula is C74H137N2O6P. The van der Waals surface area contributed by atoms with Gasteiger partial charge >= 0.3 is 0 Å². The minimum atomic E-state index is -4.62. The molecule has 9 heteroatoms. The second-order valence-corrected chi connectivity index (χ2v) is 26.6. The lowest BCUT2D eigenvalue weighted by molar-refractivity contribution is -0.870. The average molecular weight is 1180 g/mol. The van der Waals surface area contributed by atoms with Crippen molar-refractivity contribution in [2.45, 2.75) is 341 Å². The summed E-state index contributed by atoms with van der Waals surface area (Å²) in [5.74, 6) is -0.207. The number of phosphoric acid groups is 1. The van der Waals surface area contributed by atoms with Crippen LogP contribution >= 0.6 is 7.82 Å². The normalized spacial score (nSPS) is 14.2. The molecule has 83 heavy (non-hydrogen) atoms. The second kappa shape index (κ2) is 64.2. The van der Waals surface area contributed by atoms with Crippen molar-refractivity contribution in [3.05, 3.63) is 85.1 Å². The molecule has 0 radical (unpaired) electrons. The standard InChI is InChI=1S/C74H137N2O6P/c1-6-8-10-12-14-16-18-20-22-24-26-28-30-32-33-34-35-36-37-38-39-40-41-42-43-44-46-48-50-52-54-56-58-60-62-64-66-68-74(78)75-72(71-82-83(79,80)81-70-69-76(3,4)5)73(77)67-65-63-61-59-57-55-53-51-49-47-45-31-29-27-25-23-21-19-17-15-13-11-9-7-2/h8,10,14,16,20,22,26,28,49,51,57,59,65,67,72-73,77H,6-7,9,11-13,15,17-19,21,23-25,27,29-48,50,52-56,58,60-64,66,68-71H2,1-5H3,(H-,75,78,79,80)/b10-8-,16-14-,22-20-,28-26-,51-49+,59-57+,67-65+. The fourth-order valence-electron chi connectivity index (χ4n) is 10.4. The molecule has 0 saturated heterocycles. The van der Waals surface area contributed by atoms with Crippen molar-refractivity contribution < 1.29 is 32.9 Å². The van der Waals surface area contributed by atoms with E-state index in [1.807, 2.05) is 27.2 Å². The Labute approximate surface area is 516 Å². The van der Waals surface area contributed by atoms with Crippen molar-refractivity contribution in [3.8, 4) is 0 Å². The Balaban J connectivity index is 4.04. The first-order valence-corrected chi connectivity index (χ1v) is 36.9. The zero-order valence-electron chi connectivity index (χ0n) is 55.4. The number of phosphoric ester groups is 1. The van der Waals surface area contributed by atoms with Crippen molar-refractivity contribution >= 4 is 13.7 Å². The van der Waals surface area contributed by atoms with Crippen LogP contribution in [-0.2, 0) is 18.4 Å². The summed E-state index contributed by atoms with van der Waals surface area (Å²) >= 11 is 0. The Morgan fingerprint density at radius 3 is 1.12 bits per heavy atom. The summed E-state index contributed by atoms with van der Waals surface area (Å²) in [5.41, 5.74) is 0. The van der Waals surface area contributed by atoms with Crippen LogP contribution in [0.25, 0.3) is 0 Å². The number of likely N-dealkylation sites (N-methyl/N-ethyl adjacent to an activating group) is 1. The van der Waals surface area contributed by atoms with E-state index in [9.17, 15) is 19.4 Å². The van der Waals surface area contributed by atoms with E-state index in [0.717, 1.165) is 70.6 Å². The van der Waals surface area contributed by atoms with Gasteiger partial charge in [0.05, 0.1) is 39.9 Å². The minimum absolute atomic E-state index is 0.00962. The number of carbonyl (C=O) groups is 1. The number of aliphatic hydroxyl groups is 1. The van der Waals surface area contributed by atoms with Gasteiger partial charge in [-0.15, -0.1) is 0 Å². The minimum Gasteiger partial charge on any atom is -0.756 e. The maximum atomic E-state index is 13.0. The second-order valence-electron chi connectivity index (χ2n) is 25.2.